The number of H-pyrrole nitrogens is 1. The van der Waals surface area contributed by atoms with Crippen LogP contribution in [0.4, 0.5) is 0 Å². The highest BCUT2D eigenvalue weighted by Crippen LogP contribution is 2.32. The molecule has 0 bridgehead atoms. The molecule has 0 saturated heterocycles. The molecule has 0 spiro atoms. The van der Waals surface area contributed by atoms with Gasteiger partial charge in [-0.25, -0.2) is 14.7 Å². The summed E-state index contributed by atoms with van der Waals surface area (Å²) in [4.78, 5) is 24.0. The van der Waals surface area contributed by atoms with Crippen LogP contribution in [0, 0.1) is 0 Å². The zero-order chi connectivity index (χ0) is 20.4. The van der Waals surface area contributed by atoms with Crippen LogP contribution in [-0.4, -0.2) is 19.9 Å². The summed E-state index contributed by atoms with van der Waals surface area (Å²) in [6, 6.07) is 14.1. The molecular formula is C20H16ClN3O4S. The molecule has 2 N–H and O–H groups in total. The van der Waals surface area contributed by atoms with Gasteiger partial charge in [0.25, 0.3) is 0 Å². The van der Waals surface area contributed by atoms with Crippen LogP contribution < -0.4 is 11.3 Å². The van der Waals surface area contributed by atoms with Crippen LogP contribution in [0.25, 0.3) is 11.0 Å². The van der Waals surface area contributed by atoms with Crippen molar-refractivity contribution in [2.45, 2.75) is 23.9 Å². The number of rotatable bonds is 6. The van der Waals surface area contributed by atoms with E-state index in [1.807, 2.05) is 30.3 Å². The quantitative estimate of drug-likeness (QED) is 0.359. The zero-order valence-corrected chi connectivity index (χ0v) is 16.7. The Balaban J connectivity index is 1.58. The predicted molar refractivity (Wildman–Crippen MR) is 112 cm³/mol. The number of thioether (sulfide) groups is 1. The van der Waals surface area contributed by atoms with E-state index in [1.165, 1.54) is 23.9 Å². The summed E-state index contributed by atoms with van der Waals surface area (Å²) in [5.74, 6) is 0.216. The Kier molecular flexibility index (Phi) is 5.46. The van der Waals surface area contributed by atoms with E-state index < -0.39 is 5.63 Å². The summed E-state index contributed by atoms with van der Waals surface area (Å²) in [7, 11) is 0. The second-order valence-corrected chi connectivity index (χ2v) is 7.73. The number of aromatic amines is 1. The number of phenolic OH excluding ortho intramolecular Hbond substituents is 1. The van der Waals surface area contributed by atoms with Crippen LogP contribution in [0.3, 0.4) is 0 Å². The van der Waals surface area contributed by atoms with E-state index in [0.717, 1.165) is 5.56 Å². The van der Waals surface area contributed by atoms with Crippen molar-refractivity contribution < 1.29 is 9.52 Å². The van der Waals surface area contributed by atoms with Crippen LogP contribution in [0.2, 0.25) is 5.02 Å². The topological polar surface area (TPSA) is 101 Å². The summed E-state index contributed by atoms with van der Waals surface area (Å²) in [5.41, 5.74) is 1.23. The molecule has 0 aliphatic heterocycles. The van der Waals surface area contributed by atoms with Crippen molar-refractivity contribution >= 4 is 34.3 Å². The summed E-state index contributed by atoms with van der Waals surface area (Å²) >= 11 is 7.33. The van der Waals surface area contributed by atoms with Gasteiger partial charge in [0, 0.05) is 29.8 Å². The van der Waals surface area contributed by atoms with E-state index in [2.05, 4.69) is 10.2 Å². The van der Waals surface area contributed by atoms with Gasteiger partial charge in [0.15, 0.2) is 5.16 Å². The number of halogens is 1. The lowest BCUT2D eigenvalue weighted by atomic mass is 10.1. The number of nitrogens with zero attached hydrogens (tertiary/aromatic N) is 2. The molecule has 4 aromatic rings. The van der Waals surface area contributed by atoms with Crippen LogP contribution in [0.1, 0.15) is 11.1 Å². The minimum atomic E-state index is -0.529. The first kappa shape index (κ1) is 19.4. The Morgan fingerprint density at radius 3 is 2.76 bits per heavy atom. The predicted octanol–water partition coefficient (Wildman–Crippen LogP) is 3.57. The fourth-order valence-corrected chi connectivity index (χ4v) is 4.12. The number of aromatic nitrogens is 3. The number of hydrogen-bond donors (Lipinski definition) is 2. The highest BCUT2D eigenvalue weighted by atomic mass is 35.5. The molecule has 0 aliphatic rings. The van der Waals surface area contributed by atoms with Gasteiger partial charge in [0.05, 0.1) is 5.02 Å². The highest BCUT2D eigenvalue weighted by molar-refractivity contribution is 7.98. The Morgan fingerprint density at radius 2 is 1.97 bits per heavy atom. The van der Waals surface area contributed by atoms with E-state index >= 15 is 0 Å². The number of phenols is 1. The van der Waals surface area contributed by atoms with Crippen molar-refractivity contribution in [1.29, 1.82) is 0 Å². The second-order valence-electron chi connectivity index (χ2n) is 6.38. The molecule has 9 heteroatoms. The molecule has 0 amide bonds. The largest absolute Gasteiger partial charge is 0.506 e. The smallest absolute Gasteiger partial charge is 0.343 e. The normalized spacial score (nSPS) is 11.2. The van der Waals surface area contributed by atoms with Gasteiger partial charge in [-0.3, -0.25) is 4.57 Å². The van der Waals surface area contributed by atoms with Gasteiger partial charge >= 0.3 is 11.3 Å². The average molecular weight is 430 g/mol. The summed E-state index contributed by atoms with van der Waals surface area (Å²) in [6.45, 7) is 0.485. The van der Waals surface area contributed by atoms with Gasteiger partial charge in [0.2, 0.25) is 0 Å². The monoisotopic (exact) mass is 429 g/mol. The van der Waals surface area contributed by atoms with E-state index in [1.54, 1.807) is 10.6 Å². The lowest BCUT2D eigenvalue weighted by Crippen LogP contribution is -2.18. The highest BCUT2D eigenvalue weighted by Gasteiger charge is 2.13. The van der Waals surface area contributed by atoms with Gasteiger partial charge in [-0.1, -0.05) is 53.7 Å². The first-order chi connectivity index (χ1) is 14.0. The average Bonchev–Trinajstić information content (AvgIpc) is 3.06. The van der Waals surface area contributed by atoms with Gasteiger partial charge in [-0.15, -0.1) is 5.10 Å². The standard InChI is InChI=1S/C20H16ClN3O4S/c21-15-9-14-13(8-18(26)28-17(14)10-16(15)25)11-29-20-23-22-19(27)24(20)7-6-12-4-2-1-3-5-12/h1-5,8-10,25H,6-7,11H2,(H,22,27). The Labute approximate surface area is 173 Å². The maximum Gasteiger partial charge on any atom is 0.343 e. The first-order valence-electron chi connectivity index (χ1n) is 8.78. The fourth-order valence-electron chi connectivity index (χ4n) is 2.99. The molecule has 0 atom stereocenters. The lowest BCUT2D eigenvalue weighted by Gasteiger charge is -2.08. The minimum Gasteiger partial charge on any atom is -0.506 e. The van der Waals surface area contributed by atoms with Gasteiger partial charge in [-0.05, 0) is 23.6 Å². The number of aromatic hydroxyl groups is 1. The van der Waals surface area contributed by atoms with Gasteiger partial charge in [0.1, 0.15) is 11.3 Å². The molecule has 2 aromatic carbocycles. The Morgan fingerprint density at radius 1 is 1.17 bits per heavy atom. The molecule has 2 heterocycles. The van der Waals surface area contributed by atoms with Crippen molar-refractivity contribution in [3.8, 4) is 5.75 Å². The Bertz CT molecular complexity index is 1280. The number of benzene rings is 2. The molecule has 0 unspecified atom stereocenters. The van der Waals surface area contributed by atoms with E-state index in [9.17, 15) is 14.7 Å². The third-order valence-corrected chi connectivity index (χ3v) is 5.77. The van der Waals surface area contributed by atoms with Crippen LogP contribution in [-0.2, 0) is 18.7 Å². The van der Waals surface area contributed by atoms with Crippen molar-refractivity contribution in [3.05, 3.63) is 85.6 Å². The van der Waals surface area contributed by atoms with Crippen LogP contribution in [0.15, 0.2) is 67.7 Å². The molecule has 0 aliphatic carbocycles. The van der Waals surface area contributed by atoms with Crippen LogP contribution in [0.5, 0.6) is 5.75 Å². The molecule has 7 nitrogen and oxygen atoms in total. The van der Waals surface area contributed by atoms with Crippen LogP contribution >= 0.6 is 23.4 Å². The maximum atomic E-state index is 12.1. The molecule has 29 heavy (non-hydrogen) atoms. The molecule has 0 fully saturated rings. The zero-order valence-electron chi connectivity index (χ0n) is 15.1. The maximum absolute atomic E-state index is 12.1. The van der Waals surface area contributed by atoms with E-state index in [0.29, 0.717) is 34.8 Å². The lowest BCUT2D eigenvalue weighted by molar-refractivity contribution is 0.473. The number of nitrogens with one attached hydrogen (secondary N) is 1. The fraction of sp³-hybridized carbons (Fsp3) is 0.150. The molecule has 0 saturated carbocycles. The third kappa shape index (κ3) is 4.23. The summed E-state index contributed by atoms with van der Waals surface area (Å²) in [5, 5.41) is 17.6. The summed E-state index contributed by atoms with van der Waals surface area (Å²) < 4.78 is 6.72. The molecule has 4 rings (SSSR count). The second kappa shape index (κ2) is 8.18. The third-order valence-electron chi connectivity index (χ3n) is 4.44. The van der Waals surface area contributed by atoms with Gasteiger partial charge < -0.3 is 9.52 Å². The SMILES string of the molecule is O=c1cc(CSc2n[nH]c(=O)n2CCc2ccccc2)c2cc(Cl)c(O)cc2o1. The van der Waals surface area contributed by atoms with Crippen molar-refractivity contribution in [2.24, 2.45) is 0 Å². The summed E-state index contributed by atoms with van der Waals surface area (Å²) in [6.07, 6.45) is 0.695. The van der Waals surface area contributed by atoms with E-state index in [-0.39, 0.29) is 22.0 Å². The molecule has 0 radical (unpaired) electrons. The Hall–Kier alpha value is -2.97. The first-order valence-corrected chi connectivity index (χ1v) is 10.1. The van der Waals surface area contributed by atoms with Crippen molar-refractivity contribution in [3.63, 3.8) is 0 Å². The number of fused-ring (bicyclic) bond motifs is 1. The molecule has 148 valence electrons. The van der Waals surface area contributed by atoms with Crippen molar-refractivity contribution in [2.75, 3.05) is 0 Å². The van der Waals surface area contributed by atoms with Gasteiger partial charge in [-0.2, -0.15) is 0 Å². The number of hydrogen-bond acceptors (Lipinski definition) is 6. The van der Waals surface area contributed by atoms with Crippen molar-refractivity contribution in [1.82, 2.24) is 14.8 Å². The minimum absolute atomic E-state index is 0.158. The number of aryl methyl sites for hydroxylation is 1. The molecule has 2 aromatic heterocycles. The van der Waals surface area contributed by atoms with E-state index in [4.69, 9.17) is 16.0 Å². The molecular weight excluding hydrogens is 414 g/mol.